The lowest BCUT2D eigenvalue weighted by Gasteiger charge is -2.13. The number of aromatic nitrogens is 4. The molecule has 0 amide bonds. The molecule has 34 heavy (non-hydrogen) atoms. The topological polar surface area (TPSA) is 61.8 Å². The standard InChI is InChI=1S/C25H17F3N4O2/c26-18-9-11-19(12-10-18)32-23-22(30(15-29-23)13-16-5-1-3-7-20(16)27)24(33)31(25(32)34)14-17-6-2-4-8-21(17)28/h1-12,15H,13-14H2. The van der Waals surface area contributed by atoms with Gasteiger partial charge in [-0.15, -0.1) is 0 Å². The van der Waals surface area contributed by atoms with Crippen molar-refractivity contribution in [3.05, 3.63) is 129 Å². The Hall–Kier alpha value is -4.40. The van der Waals surface area contributed by atoms with Gasteiger partial charge in [0.05, 0.1) is 25.1 Å². The molecule has 0 saturated carbocycles. The van der Waals surface area contributed by atoms with Crippen molar-refractivity contribution in [1.82, 2.24) is 18.7 Å². The van der Waals surface area contributed by atoms with Crippen LogP contribution in [-0.4, -0.2) is 18.7 Å². The predicted octanol–water partition coefficient (Wildman–Crippen LogP) is 3.86. The second-order valence-electron chi connectivity index (χ2n) is 7.71. The fourth-order valence-electron chi connectivity index (χ4n) is 3.87. The lowest BCUT2D eigenvalue weighted by Crippen LogP contribution is -2.40. The van der Waals surface area contributed by atoms with Gasteiger partial charge >= 0.3 is 5.69 Å². The first kappa shape index (κ1) is 21.4. The van der Waals surface area contributed by atoms with Crippen molar-refractivity contribution in [2.75, 3.05) is 0 Å². The molecule has 0 bridgehead atoms. The molecule has 0 atom stereocenters. The highest BCUT2D eigenvalue weighted by Crippen LogP contribution is 2.17. The quantitative estimate of drug-likeness (QED) is 0.399. The molecule has 9 heteroatoms. The molecule has 3 aromatic carbocycles. The minimum Gasteiger partial charge on any atom is -0.320 e. The molecule has 5 aromatic rings. The van der Waals surface area contributed by atoms with Crippen molar-refractivity contribution in [2.45, 2.75) is 13.1 Å². The number of hydrogen-bond donors (Lipinski definition) is 0. The first-order valence-corrected chi connectivity index (χ1v) is 10.4. The first-order chi connectivity index (χ1) is 16.4. The van der Waals surface area contributed by atoms with Crippen LogP contribution in [0.4, 0.5) is 13.2 Å². The molecular weight excluding hydrogens is 445 g/mol. The highest BCUT2D eigenvalue weighted by atomic mass is 19.1. The number of hydrogen-bond acceptors (Lipinski definition) is 3. The molecule has 0 aliphatic heterocycles. The fraction of sp³-hybridized carbons (Fsp3) is 0.0800. The first-order valence-electron chi connectivity index (χ1n) is 10.4. The predicted molar refractivity (Wildman–Crippen MR) is 121 cm³/mol. The molecule has 0 aliphatic rings. The summed E-state index contributed by atoms with van der Waals surface area (Å²) in [5.74, 6) is -1.53. The smallest absolute Gasteiger partial charge is 0.320 e. The van der Waals surface area contributed by atoms with E-state index in [-0.39, 0.29) is 35.5 Å². The largest absolute Gasteiger partial charge is 0.337 e. The Bertz CT molecular complexity index is 1640. The number of fused-ring (bicyclic) bond motifs is 1. The molecular formula is C25H17F3N4O2. The minimum absolute atomic E-state index is 0.0142. The third-order valence-electron chi connectivity index (χ3n) is 5.57. The molecule has 0 fully saturated rings. The highest BCUT2D eigenvalue weighted by molar-refractivity contribution is 5.72. The van der Waals surface area contributed by atoms with E-state index >= 15 is 0 Å². The average molecular weight is 462 g/mol. The molecule has 0 unspecified atom stereocenters. The van der Waals surface area contributed by atoms with E-state index in [2.05, 4.69) is 4.98 Å². The second kappa shape index (κ2) is 8.51. The maximum absolute atomic E-state index is 14.3. The summed E-state index contributed by atoms with van der Waals surface area (Å²) in [6, 6.07) is 17.0. The van der Waals surface area contributed by atoms with E-state index in [1.807, 2.05) is 0 Å². The van der Waals surface area contributed by atoms with Crippen molar-refractivity contribution in [1.29, 1.82) is 0 Å². The lowest BCUT2D eigenvalue weighted by atomic mass is 10.2. The van der Waals surface area contributed by atoms with Crippen LogP contribution in [0.25, 0.3) is 16.9 Å². The number of rotatable bonds is 5. The van der Waals surface area contributed by atoms with Crippen LogP contribution in [0.15, 0.2) is 88.7 Å². The molecule has 2 aromatic heterocycles. The molecule has 0 saturated heterocycles. The van der Waals surface area contributed by atoms with Gasteiger partial charge in [-0.2, -0.15) is 0 Å². The van der Waals surface area contributed by atoms with Gasteiger partial charge in [0.1, 0.15) is 17.5 Å². The zero-order valence-corrected chi connectivity index (χ0v) is 17.7. The third-order valence-corrected chi connectivity index (χ3v) is 5.57. The summed E-state index contributed by atoms with van der Waals surface area (Å²) in [4.78, 5) is 31.2. The molecule has 170 valence electrons. The van der Waals surface area contributed by atoms with Gasteiger partial charge < -0.3 is 4.57 Å². The molecule has 5 rings (SSSR count). The summed E-state index contributed by atoms with van der Waals surface area (Å²) >= 11 is 0. The average Bonchev–Trinajstić information content (AvgIpc) is 3.24. The summed E-state index contributed by atoms with van der Waals surface area (Å²) in [7, 11) is 0. The van der Waals surface area contributed by atoms with Crippen LogP contribution in [0, 0.1) is 17.5 Å². The number of benzene rings is 3. The van der Waals surface area contributed by atoms with Crippen LogP contribution in [0.5, 0.6) is 0 Å². The van der Waals surface area contributed by atoms with Crippen LogP contribution in [0.3, 0.4) is 0 Å². The van der Waals surface area contributed by atoms with Crippen LogP contribution in [-0.2, 0) is 13.1 Å². The summed E-state index contributed by atoms with van der Waals surface area (Å²) in [5.41, 5.74) is -0.659. The van der Waals surface area contributed by atoms with Gasteiger partial charge in [0.15, 0.2) is 11.2 Å². The van der Waals surface area contributed by atoms with Gasteiger partial charge in [0.2, 0.25) is 0 Å². The van der Waals surface area contributed by atoms with E-state index < -0.39 is 28.7 Å². The van der Waals surface area contributed by atoms with E-state index in [0.29, 0.717) is 5.56 Å². The summed E-state index contributed by atoms with van der Waals surface area (Å²) in [6.45, 7) is -0.341. The normalized spacial score (nSPS) is 11.3. The van der Waals surface area contributed by atoms with Crippen molar-refractivity contribution < 1.29 is 13.2 Å². The van der Waals surface area contributed by atoms with E-state index in [1.54, 1.807) is 24.3 Å². The van der Waals surface area contributed by atoms with Crippen LogP contribution < -0.4 is 11.2 Å². The lowest BCUT2D eigenvalue weighted by molar-refractivity contribution is 0.585. The Kier molecular flexibility index (Phi) is 5.37. The Balaban J connectivity index is 1.78. The van der Waals surface area contributed by atoms with E-state index in [4.69, 9.17) is 0 Å². The number of halogens is 3. The van der Waals surface area contributed by atoms with Crippen LogP contribution in [0.1, 0.15) is 11.1 Å². The van der Waals surface area contributed by atoms with Gasteiger partial charge in [0, 0.05) is 11.1 Å². The maximum atomic E-state index is 14.3. The molecule has 2 heterocycles. The third kappa shape index (κ3) is 3.71. The fourth-order valence-corrected chi connectivity index (χ4v) is 3.87. The van der Waals surface area contributed by atoms with E-state index in [9.17, 15) is 22.8 Å². The SMILES string of the molecule is O=c1c2c(ncn2Cc2ccccc2F)n(-c2ccc(F)cc2)c(=O)n1Cc1ccccc1F. The van der Waals surface area contributed by atoms with Gasteiger partial charge in [-0.25, -0.2) is 27.5 Å². The Morgan fingerprint density at radius 1 is 0.735 bits per heavy atom. The van der Waals surface area contributed by atoms with Gasteiger partial charge in [-0.05, 0) is 36.4 Å². The summed E-state index contributed by atoms with van der Waals surface area (Å²) < 4.78 is 45.7. The van der Waals surface area contributed by atoms with Gasteiger partial charge in [-0.1, -0.05) is 36.4 Å². The zero-order valence-electron chi connectivity index (χ0n) is 17.7. The Labute approximate surface area is 190 Å². The molecule has 6 nitrogen and oxygen atoms in total. The molecule has 0 N–H and O–H groups in total. The van der Waals surface area contributed by atoms with Gasteiger partial charge in [0.25, 0.3) is 5.56 Å². The molecule has 0 radical (unpaired) electrons. The van der Waals surface area contributed by atoms with Gasteiger partial charge in [-0.3, -0.25) is 9.36 Å². The molecule has 0 aliphatic carbocycles. The summed E-state index contributed by atoms with van der Waals surface area (Å²) in [5, 5.41) is 0. The second-order valence-corrected chi connectivity index (χ2v) is 7.71. The number of nitrogens with zero attached hydrogens (tertiary/aromatic N) is 4. The van der Waals surface area contributed by atoms with E-state index in [0.717, 1.165) is 9.13 Å². The highest BCUT2D eigenvalue weighted by Gasteiger charge is 2.20. The number of imidazole rings is 1. The summed E-state index contributed by atoms with van der Waals surface area (Å²) in [6.07, 6.45) is 1.34. The minimum atomic E-state index is -0.761. The van der Waals surface area contributed by atoms with Crippen molar-refractivity contribution in [2.24, 2.45) is 0 Å². The van der Waals surface area contributed by atoms with Crippen LogP contribution in [0.2, 0.25) is 0 Å². The van der Waals surface area contributed by atoms with Crippen molar-refractivity contribution >= 4 is 11.2 Å². The molecule has 0 spiro atoms. The van der Waals surface area contributed by atoms with Crippen LogP contribution >= 0.6 is 0 Å². The van der Waals surface area contributed by atoms with E-state index in [1.165, 1.54) is 59.4 Å². The zero-order chi connectivity index (χ0) is 23.8. The maximum Gasteiger partial charge on any atom is 0.337 e. The Morgan fingerprint density at radius 3 is 1.94 bits per heavy atom. The Morgan fingerprint density at radius 2 is 1.32 bits per heavy atom. The van der Waals surface area contributed by atoms with Crippen molar-refractivity contribution in [3.8, 4) is 5.69 Å². The monoisotopic (exact) mass is 462 g/mol. The van der Waals surface area contributed by atoms with Crippen molar-refractivity contribution in [3.63, 3.8) is 0 Å².